The number of para-hydroxylation sites is 1. The van der Waals surface area contributed by atoms with Gasteiger partial charge >= 0.3 is 4.87 Å². The van der Waals surface area contributed by atoms with Crippen molar-refractivity contribution < 1.29 is 4.79 Å². The van der Waals surface area contributed by atoms with Gasteiger partial charge in [-0.25, -0.2) is 0 Å². The Morgan fingerprint density at radius 2 is 1.91 bits per heavy atom. The Balaban J connectivity index is 1.40. The number of amides is 1. The minimum Gasteiger partial charge on any atom is -0.324 e. The molecular weight excluding hydrogens is 507 g/mol. The van der Waals surface area contributed by atoms with Gasteiger partial charge in [0.15, 0.2) is 0 Å². The number of anilines is 1. The quantitative estimate of drug-likeness (QED) is 0.402. The third-order valence-corrected chi connectivity index (χ3v) is 11.4. The van der Waals surface area contributed by atoms with Crippen LogP contribution in [0.5, 0.6) is 0 Å². The highest BCUT2D eigenvalue weighted by atomic mass is 35.5. The molecule has 1 aliphatic heterocycles. The fourth-order valence-electron chi connectivity index (χ4n) is 6.24. The molecule has 1 amide bonds. The molecule has 0 saturated heterocycles. The molecule has 4 unspecified atom stereocenters. The number of benzene rings is 2. The molecule has 2 aliphatic carbocycles. The highest BCUT2D eigenvalue weighted by Gasteiger charge is 2.55. The normalized spacial score (nSPS) is 26.9. The molecule has 4 nitrogen and oxygen atoms in total. The van der Waals surface area contributed by atoms with Crippen molar-refractivity contribution in [1.29, 1.82) is 0 Å². The van der Waals surface area contributed by atoms with Gasteiger partial charge in [0.1, 0.15) is 6.54 Å². The first-order valence-corrected chi connectivity index (χ1v) is 14.1. The van der Waals surface area contributed by atoms with E-state index in [2.05, 4.69) is 11.4 Å². The average Bonchev–Trinajstić information content (AvgIpc) is 3.51. The van der Waals surface area contributed by atoms with E-state index in [1.807, 2.05) is 55.1 Å². The predicted molar refractivity (Wildman–Crippen MR) is 141 cm³/mol. The first-order chi connectivity index (χ1) is 16.4. The van der Waals surface area contributed by atoms with E-state index in [0.29, 0.717) is 33.0 Å². The topological polar surface area (TPSA) is 51.1 Å². The van der Waals surface area contributed by atoms with Crippen molar-refractivity contribution in [3.63, 3.8) is 0 Å². The fraction of sp³-hybridized carbons (Fsp3) is 0.385. The van der Waals surface area contributed by atoms with Crippen molar-refractivity contribution in [2.45, 2.75) is 48.9 Å². The van der Waals surface area contributed by atoms with Crippen LogP contribution in [0.3, 0.4) is 0 Å². The standard InChI is InChI=1S/C26H24Cl2N2O2S2/c1-13-5-2-3-8-18(13)29-19(31)12-30-25-24(34-26(30)32)21(16-6-4-7-17(27)22(16)28)20-14-9-10-15(11-14)23(20)33-25/h2-8,14-15,20-21,23H,9-12H2,1H3,(H,29,31)/t14?,15?,20?,21-,23?/m0/s1. The highest BCUT2D eigenvalue weighted by molar-refractivity contribution is 8.00. The van der Waals surface area contributed by atoms with E-state index in [1.54, 1.807) is 4.57 Å². The number of nitrogens with one attached hydrogen (secondary N) is 1. The second-order valence-electron chi connectivity index (χ2n) is 9.60. The number of carbonyl (C=O) groups excluding carboxylic acids is 1. The van der Waals surface area contributed by atoms with Crippen LogP contribution in [0.4, 0.5) is 5.69 Å². The molecule has 1 N–H and O–H groups in total. The van der Waals surface area contributed by atoms with E-state index in [0.717, 1.165) is 26.7 Å². The van der Waals surface area contributed by atoms with Crippen molar-refractivity contribution in [1.82, 2.24) is 4.57 Å². The van der Waals surface area contributed by atoms with Crippen molar-refractivity contribution in [3.05, 3.63) is 78.2 Å². The van der Waals surface area contributed by atoms with Crippen LogP contribution in [0.1, 0.15) is 41.2 Å². The lowest BCUT2D eigenvalue weighted by atomic mass is 9.75. The maximum absolute atomic E-state index is 13.2. The van der Waals surface area contributed by atoms with Crippen LogP contribution in [0.2, 0.25) is 10.0 Å². The summed E-state index contributed by atoms with van der Waals surface area (Å²) in [6, 6.07) is 13.5. The minimum absolute atomic E-state index is 0.00742. The zero-order valence-electron chi connectivity index (χ0n) is 18.6. The van der Waals surface area contributed by atoms with Crippen molar-refractivity contribution in [2.75, 3.05) is 5.32 Å². The summed E-state index contributed by atoms with van der Waals surface area (Å²) in [4.78, 5) is 27.1. The number of rotatable bonds is 4. The Labute approximate surface area is 216 Å². The number of thioether (sulfide) groups is 1. The third kappa shape index (κ3) is 3.65. The van der Waals surface area contributed by atoms with Gasteiger partial charge in [0, 0.05) is 21.7 Å². The summed E-state index contributed by atoms with van der Waals surface area (Å²) in [5.74, 6) is 1.59. The van der Waals surface area contributed by atoms with Crippen LogP contribution in [-0.2, 0) is 11.3 Å². The van der Waals surface area contributed by atoms with Gasteiger partial charge in [-0.15, -0.1) is 11.8 Å². The van der Waals surface area contributed by atoms with Gasteiger partial charge < -0.3 is 5.32 Å². The summed E-state index contributed by atoms with van der Waals surface area (Å²) in [5, 5.41) is 5.47. The number of fused-ring (bicyclic) bond motifs is 6. The molecule has 2 aromatic carbocycles. The summed E-state index contributed by atoms with van der Waals surface area (Å²) >= 11 is 16.2. The maximum atomic E-state index is 13.2. The Bertz CT molecular complexity index is 1350. The smallest absolute Gasteiger partial charge is 0.308 e. The van der Waals surface area contributed by atoms with Gasteiger partial charge in [-0.3, -0.25) is 14.2 Å². The number of halogens is 2. The Morgan fingerprint density at radius 1 is 1.12 bits per heavy atom. The largest absolute Gasteiger partial charge is 0.324 e. The van der Waals surface area contributed by atoms with E-state index in [4.69, 9.17) is 23.2 Å². The molecule has 6 rings (SSSR count). The van der Waals surface area contributed by atoms with E-state index in [9.17, 15) is 9.59 Å². The van der Waals surface area contributed by atoms with Crippen LogP contribution >= 0.6 is 46.3 Å². The molecule has 34 heavy (non-hydrogen) atoms. The van der Waals surface area contributed by atoms with Crippen LogP contribution < -0.4 is 10.2 Å². The van der Waals surface area contributed by atoms with E-state index < -0.39 is 0 Å². The molecule has 2 bridgehead atoms. The number of carbonyl (C=O) groups is 1. The number of aryl methyl sites for hydroxylation is 1. The fourth-order valence-corrected chi connectivity index (χ4v) is 9.81. The Kier molecular flexibility index (Phi) is 5.84. The second-order valence-corrected chi connectivity index (χ2v) is 12.5. The lowest BCUT2D eigenvalue weighted by Gasteiger charge is -2.40. The molecule has 0 spiro atoms. The van der Waals surface area contributed by atoms with Gasteiger partial charge in [-0.05, 0) is 67.2 Å². The number of nitrogens with zero attached hydrogens (tertiary/aromatic N) is 1. The molecule has 1 aromatic heterocycles. The molecule has 0 radical (unpaired) electrons. The van der Waals surface area contributed by atoms with Crippen molar-refractivity contribution in [3.8, 4) is 0 Å². The van der Waals surface area contributed by atoms with Crippen molar-refractivity contribution in [2.24, 2.45) is 17.8 Å². The molecule has 2 heterocycles. The first kappa shape index (κ1) is 22.7. The monoisotopic (exact) mass is 530 g/mol. The summed E-state index contributed by atoms with van der Waals surface area (Å²) in [6.07, 6.45) is 3.72. The average molecular weight is 532 g/mol. The molecule has 5 atom stereocenters. The van der Waals surface area contributed by atoms with E-state index in [-0.39, 0.29) is 23.2 Å². The maximum Gasteiger partial charge on any atom is 0.308 e. The number of aromatic nitrogens is 1. The summed E-state index contributed by atoms with van der Waals surface area (Å²) in [5.41, 5.74) is 2.77. The van der Waals surface area contributed by atoms with Crippen molar-refractivity contribution >= 4 is 57.9 Å². The first-order valence-electron chi connectivity index (χ1n) is 11.6. The Hall–Kier alpha value is -1.73. The molecule has 8 heteroatoms. The van der Waals surface area contributed by atoms with Crippen LogP contribution in [0, 0.1) is 24.7 Å². The summed E-state index contributed by atoms with van der Waals surface area (Å²) in [7, 11) is 0. The number of hydrogen-bond donors (Lipinski definition) is 1. The van der Waals surface area contributed by atoms with Gasteiger partial charge in [0.2, 0.25) is 5.91 Å². The number of hydrogen-bond acceptors (Lipinski definition) is 4. The molecule has 3 aromatic rings. The minimum atomic E-state index is -0.190. The van der Waals surface area contributed by atoms with Gasteiger partial charge in [0.25, 0.3) is 0 Å². The Morgan fingerprint density at radius 3 is 2.74 bits per heavy atom. The highest BCUT2D eigenvalue weighted by Crippen LogP contribution is 2.64. The van der Waals surface area contributed by atoms with Crippen LogP contribution in [-0.4, -0.2) is 15.7 Å². The van der Waals surface area contributed by atoms with E-state index in [1.165, 1.54) is 30.6 Å². The van der Waals surface area contributed by atoms with Gasteiger partial charge in [-0.2, -0.15) is 0 Å². The molecule has 3 aliphatic rings. The number of thiazole rings is 1. The zero-order chi connectivity index (χ0) is 23.6. The second kappa shape index (κ2) is 8.74. The SMILES string of the molecule is Cc1ccccc1NC(=O)Cn1c2c(sc1=O)[C@@H](c1cccc(Cl)c1Cl)C1C3CCC(C3)C1S2. The van der Waals surface area contributed by atoms with Crippen LogP contribution in [0.15, 0.2) is 52.3 Å². The summed E-state index contributed by atoms with van der Waals surface area (Å²) in [6.45, 7) is 1.96. The lowest BCUT2D eigenvalue weighted by molar-refractivity contribution is -0.116. The third-order valence-electron chi connectivity index (χ3n) is 7.73. The van der Waals surface area contributed by atoms with Crippen LogP contribution in [0.25, 0.3) is 0 Å². The molecule has 2 fully saturated rings. The molecule has 2 saturated carbocycles. The van der Waals surface area contributed by atoms with E-state index >= 15 is 0 Å². The molecular formula is C26H24Cl2N2O2S2. The lowest BCUT2D eigenvalue weighted by Crippen LogP contribution is -2.35. The molecule has 176 valence electrons. The van der Waals surface area contributed by atoms with Gasteiger partial charge in [-0.1, -0.05) is 64.9 Å². The summed E-state index contributed by atoms with van der Waals surface area (Å²) < 4.78 is 1.67. The zero-order valence-corrected chi connectivity index (χ0v) is 21.7. The van der Waals surface area contributed by atoms with Gasteiger partial charge in [0.05, 0.1) is 15.1 Å². The predicted octanol–water partition coefficient (Wildman–Crippen LogP) is 6.82.